The van der Waals surface area contributed by atoms with Crippen molar-refractivity contribution in [2.45, 2.75) is 26.2 Å². The molecule has 0 aliphatic heterocycles. The van der Waals surface area contributed by atoms with Crippen LogP contribution in [0.3, 0.4) is 0 Å². The van der Waals surface area contributed by atoms with Crippen molar-refractivity contribution in [2.75, 3.05) is 5.73 Å². The molecule has 2 N–H and O–H groups in total. The second-order valence-electron chi connectivity index (χ2n) is 4.57. The highest BCUT2D eigenvalue weighted by molar-refractivity contribution is 7.22. The van der Waals surface area contributed by atoms with Gasteiger partial charge in [-0.25, -0.2) is 9.37 Å². The molecule has 0 aliphatic rings. The topological polar surface area (TPSA) is 38.9 Å². The molecule has 4 heteroatoms. The first-order valence-corrected chi connectivity index (χ1v) is 5.56. The van der Waals surface area contributed by atoms with Crippen molar-refractivity contribution >= 4 is 26.7 Å². The fraction of sp³-hybridized carbons (Fsp3) is 0.364. The summed E-state index contributed by atoms with van der Waals surface area (Å²) in [7, 11) is 0. The van der Waals surface area contributed by atoms with Gasteiger partial charge in [-0.2, -0.15) is 0 Å². The fourth-order valence-electron chi connectivity index (χ4n) is 1.60. The lowest BCUT2D eigenvalue weighted by molar-refractivity contribution is 0.591. The van der Waals surface area contributed by atoms with Crippen molar-refractivity contribution in [3.05, 3.63) is 23.5 Å². The molecule has 1 aromatic carbocycles. The van der Waals surface area contributed by atoms with E-state index >= 15 is 0 Å². The second-order valence-corrected chi connectivity index (χ2v) is 5.61. The lowest BCUT2D eigenvalue weighted by Crippen LogP contribution is -2.11. The number of nitrogen functional groups attached to an aromatic ring is 1. The molecule has 15 heavy (non-hydrogen) atoms. The van der Waals surface area contributed by atoms with Gasteiger partial charge in [-0.05, 0) is 17.0 Å². The Hall–Kier alpha value is -1.16. The van der Waals surface area contributed by atoms with E-state index in [-0.39, 0.29) is 11.2 Å². The maximum absolute atomic E-state index is 13.5. The van der Waals surface area contributed by atoms with E-state index in [0.717, 1.165) is 5.56 Å². The van der Waals surface area contributed by atoms with E-state index in [1.165, 1.54) is 17.4 Å². The zero-order chi connectivity index (χ0) is 11.2. The molecule has 0 aliphatic carbocycles. The molecule has 0 amide bonds. The Balaban J connectivity index is 2.83. The molecule has 0 saturated heterocycles. The minimum Gasteiger partial charge on any atom is -0.375 e. The van der Waals surface area contributed by atoms with Crippen molar-refractivity contribution in [1.29, 1.82) is 0 Å². The van der Waals surface area contributed by atoms with Crippen molar-refractivity contribution in [1.82, 2.24) is 4.98 Å². The number of hydrogen-bond acceptors (Lipinski definition) is 3. The number of benzene rings is 1. The number of rotatable bonds is 0. The molecule has 2 aromatic rings. The monoisotopic (exact) mass is 224 g/mol. The van der Waals surface area contributed by atoms with Crippen LogP contribution in [-0.4, -0.2) is 4.98 Å². The Bertz CT molecular complexity index is 511. The van der Waals surface area contributed by atoms with Crippen LogP contribution in [0.4, 0.5) is 9.52 Å². The number of hydrogen-bond donors (Lipinski definition) is 1. The summed E-state index contributed by atoms with van der Waals surface area (Å²) in [6, 6.07) is 3.28. The quantitative estimate of drug-likeness (QED) is 0.745. The Morgan fingerprint density at radius 3 is 2.60 bits per heavy atom. The lowest BCUT2D eigenvalue weighted by atomic mass is 9.86. The third-order valence-electron chi connectivity index (χ3n) is 2.32. The summed E-state index contributed by atoms with van der Waals surface area (Å²) in [4.78, 5) is 4.20. The summed E-state index contributed by atoms with van der Waals surface area (Å²) in [6.45, 7) is 6.24. The fourth-order valence-corrected chi connectivity index (χ4v) is 2.36. The standard InChI is InChI=1S/C11H13FN2S/c1-11(2,3)6-4-5-7(12)9-8(6)14-10(13)15-9/h4-5H,1-3H3,(H2,13,14). The maximum atomic E-state index is 13.5. The van der Waals surface area contributed by atoms with Crippen LogP contribution in [0, 0.1) is 5.82 Å². The van der Waals surface area contributed by atoms with Crippen LogP contribution < -0.4 is 5.73 Å². The minimum absolute atomic E-state index is 0.0491. The molecule has 1 aromatic heterocycles. The summed E-state index contributed by atoms with van der Waals surface area (Å²) in [5, 5.41) is 0.417. The highest BCUT2D eigenvalue weighted by atomic mass is 32.1. The van der Waals surface area contributed by atoms with Crippen LogP contribution in [0.15, 0.2) is 12.1 Å². The van der Waals surface area contributed by atoms with E-state index in [2.05, 4.69) is 25.8 Å². The number of aromatic nitrogens is 1. The smallest absolute Gasteiger partial charge is 0.181 e. The van der Waals surface area contributed by atoms with Gasteiger partial charge in [-0.1, -0.05) is 38.2 Å². The average Bonchev–Trinajstić information content (AvgIpc) is 2.45. The Morgan fingerprint density at radius 1 is 1.33 bits per heavy atom. The molecule has 1 heterocycles. The van der Waals surface area contributed by atoms with Gasteiger partial charge in [-0.3, -0.25) is 0 Å². The van der Waals surface area contributed by atoms with E-state index in [9.17, 15) is 4.39 Å². The summed E-state index contributed by atoms with van der Waals surface area (Å²) in [5.41, 5.74) is 7.30. The Labute approximate surface area is 91.9 Å². The normalized spacial score (nSPS) is 12.3. The van der Waals surface area contributed by atoms with Crippen molar-refractivity contribution in [3.8, 4) is 0 Å². The van der Waals surface area contributed by atoms with Crippen LogP contribution in [0.5, 0.6) is 0 Å². The molecule has 80 valence electrons. The van der Waals surface area contributed by atoms with Crippen LogP contribution in [-0.2, 0) is 5.41 Å². The van der Waals surface area contributed by atoms with Crippen molar-refractivity contribution < 1.29 is 4.39 Å². The van der Waals surface area contributed by atoms with Gasteiger partial charge in [0.15, 0.2) is 5.13 Å². The van der Waals surface area contributed by atoms with Gasteiger partial charge in [-0.15, -0.1) is 0 Å². The predicted octanol–water partition coefficient (Wildman–Crippen LogP) is 3.32. The Kier molecular flexibility index (Phi) is 2.19. The molecule has 2 nitrogen and oxygen atoms in total. The minimum atomic E-state index is -0.243. The Morgan fingerprint density at radius 2 is 2.00 bits per heavy atom. The van der Waals surface area contributed by atoms with Crippen LogP contribution in [0.1, 0.15) is 26.3 Å². The number of anilines is 1. The maximum Gasteiger partial charge on any atom is 0.181 e. The molecular formula is C11H13FN2S. The molecular weight excluding hydrogens is 211 g/mol. The van der Waals surface area contributed by atoms with Gasteiger partial charge in [0, 0.05) is 0 Å². The lowest BCUT2D eigenvalue weighted by Gasteiger charge is -2.19. The predicted molar refractivity (Wildman–Crippen MR) is 62.7 cm³/mol. The van der Waals surface area contributed by atoms with Gasteiger partial charge >= 0.3 is 0 Å². The first-order chi connectivity index (χ1) is 6.89. The van der Waals surface area contributed by atoms with E-state index in [1.54, 1.807) is 6.07 Å². The van der Waals surface area contributed by atoms with E-state index < -0.39 is 0 Å². The van der Waals surface area contributed by atoms with Gasteiger partial charge in [0.25, 0.3) is 0 Å². The third-order valence-corrected chi connectivity index (χ3v) is 3.21. The largest absolute Gasteiger partial charge is 0.375 e. The number of nitrogens with two attached hydrogens (primary N) is 1. The molecule has 0 fully saturated rings. The summed E-state index contributed by atoms with van der Waals surface area (Å²) >= 11 is 1.20. The number of fused-ring (bicyclic) bond motifs is 1. The summed E-state index contributed by atoms with van der Waals surface area (Å²) in [6.07, 6.45) is 0. The van der Waals surface area contributed by atoms with Gasteiger partial charge in [0.1, 0.15) is 5.82 Å². The van der Waals surface area contributed by atoms with Crippen molar-refractivity contribution in [2.24, 2.45) is 0 Å². The van der Waals surface area contributed by atoms with Crippen LogP contribution in [0.25, 0.3) is 10.2 Å². The molecule has 0 spiro atoms. The third kappa shape index (κ3) is 1.69. The molecule has 0 bridgehead atoms. The molecule has 0 saturated carbocycles. The molecule has 2 rings (SSSR count). The SMILES string of the molecule is CC(C)(C)c1ccc(F)c2sc(N)nc12. The zero-order valence-corrected chi connectivity index (χ0v) is 9.78. The first kappa shape index (κ1) is 10.4. The van der Waals surface area contributed by atoms with Crippen LogP contribution in [0.2, 0.25) is 0 Å². The van der Waals surface area contributed by atoms with Gasteiger partial charge < -0.3 is 5.73 Å². The first-order valence-electron chi connectivity index (χ1n) is 4.74. The number of nitrogens with zero attached hydrogens (tertiary/aromatic N) is 1. The summed E-state index contributed by atoms with van der Waals surface area (Å²) < 4.78 is 14.0. The molecule has 0 atom stereocenters. The molecule has 0 radical (unpaired) electrons. The highest BCUT2D eigenvalue weighted by Gasteiger charge is 2.20. The van der Waals surface area contributed by atoms with Gasteiger partial charge in [0.2, 0.25) is 0 Å². The molecule has 0 unspecified atom stereocenters. The number of thiazole rings is 1. The number of halogens is 1. The van der Waals surface area contributed by atoms with E-state index in [1.807, 2.05) is 0 Å². The van der Waals surface area contributed by atoms with E-state index in [4.69, 9.17) is 5.73 Å². The second kappa shape index (κ2) is 3.17. The van der Waals surface area contributed by atoms with E-state index in [0.29, 0.717) is 15.3 Å². The highest BCUT2D eigenvalue weighted by Crippen LogP contribution is 2.34. The van der Waals surface area contributed by atoms with Gasteiger partial charge in [0.05, 0.1) is 10.2 Å². The average molecular weight is 224 g/mol. The van der Waals surface area contributed by atoms with Crippen molar-refractivity contribution in [3.63, 3.8) is 0 Å². The summed E-state index contributed by atoms with van der Waals surface area (Å²) in [5.74, 6) is -0.243. The zero-order valence-electron chi connectivity index (χ0n) is 8.97. The van der Waals surface area contributed by atoms with Crippen LogP contribution >= 0.6 is 11.3 Å².